The second kappa shape index (κ2) is 13.8. The summed E-state index contributed by atoms with van der Waals surface area (Å²) in [5.41, 5.74) is 12.8. The van der Waals surface area contributed by atoms with Crippen LogP contribution in [0.2, 0.25) is 0 Å². The highest BCUT2D eigenvalue weighted by Gasteiger charge is 2.45. The van der Waals surface area contributed by atoms with Gasteiger partial charge in [0.2, 0.25) is 0 Å². The van der Waals surface area contributed by atoms with E-state index in [0.717, 1.165) is 64.0 Å². The summed E-state index contributed by atoms with van der Waals surface area (Å²) in [5.74, 6) is 1.18. The van der Waals surface area contributed by atoms with Gasteiger partial charge in [-0.05, 0) is 117 Å². The summed E-state index contributed by atoms with van der Waals surface area (Å²) in [6.07, 6.45) is 12.5. The summed E-state index contributed by atoms with van der Waals surface area (Å²) >= 11 is 0. The minimum Gasteiger partial charge on any atom is -0.483 e. The van der Waals surface area contributed by atoms with Crippen molar-refractivity contribution >= 4 is 83.1 Å². The average Bonchev–Trinajstić information content (AvgIpc) is 3.95. The third kappa shape index (κ3) is 5.17. The number of fused-ring (bicyclic) bond motifs is 9. The number of allylic oxidation sites excluding steroid dienone is 4. The number of nitrogens with zero attached hydrogens (tertiary/aromatic N) is 2. The minimum absolute atomic E-state index is 0.0309. The van der Waals surface area contributed by atoms with Gasteiger partial charge in [-0.3, -0.25) is 0 Å². The number of hydrogen-bond donors (Lipinski definition) is 0. The van der Waals surface area contributed by atoms with Gasteiger partial charge in [0.25, 0.3) is 0 Å². The first-order chi connectivity index (χ1) is 31.8. The second-order valence-electron chi connectivity index (χ2n) is 17.7. The Morgan fingerprint density at radius 2 is 1.33 bits per heavy atom. The summed E-state index contributed by atoms with van der Waals surface area (Å²) in [7, 11) is 0. The van der Waals surface area contributed by atoms with Crippen molar-refractivity contribution in [1.29, 1.82) is 0 Å². The molecule has 0 saturated heterocycles. The smallest absolute Gasteiger partial charge is 0.160 e. The topological polar surface area (TPSA) is 28.9 Å². The van der Waals surface area contributed by atoms with Gasteiger partial charge in [-0.2, -0.15) is 0 Å². The molecule has 14 rings (SSSR count). The number of benzene rings is 9. The molecule has 3 unspecified atom stereocenters. The number of ether oxygens (including phenoxy) is 1. The van der Waals surface area contributed by atoms with Crippen LogP contribution in [0.25, 0.3) is 60.3 Å². The van der Waals surface area contributed by atoms with Gasteiger partial charge in [-0.1, -0.05) is 151 Å². The van der Waals surface area contributed by atoms with Gasteiger partial charge in [-0.25, -0.2) is 0 Å². The molecule has 304 valence electrons. The van der Waals surface area contributed by atoms with E-state index in [-0.39, 0.29) is 18.1 Å². The van der Waals surface area contributed by atoms with Crippen LogP contribution in [0.1, 0.15) is 42.3 Å². The first kappa shape index (κ1) is 35.7. The zero-order chi connectivity index (χ0) is 41.9. The lowest BCUT2D eigenvalue weighted by atomic mass is 9.75. The molecule has 0 N–H and O–H groups in total. The lowest BCUT2D eigenvalue weighted by Gasteiger charge is -2.42. The fourth-order valence-corrected chi connectivity index (χ4v) is 11.7. The molecule has 3 aliphatic carbocycles. The highest BCUT2D eigenvalue weighted by atomic mass is 16.5. The Labute approximate surface area is 370 Å². The molecule has 0 amide bonds. The van der Waals surface area contributed by atoms with Gasteiger partial charge < -0.3 is 19.0 Å². The van der Waals surface area contributed by atoms with E-state index in [1.807, 2.05) is 0 Å². The SMILES string of the molecule is C1=CC2=C(CC1)C1c3ccccc3OC1C(N(c1ccccc1)C1CC=c3ccc4c(N(c5ccccc5)c5cc6ccccc6c6c5oc5ccccc56)ccc5ccc1c3c54)=C2. The average molecular weight is 823 g/mol. The summed E-state index contributed by atoms with van der Waals surface area (Å²) in [4.78, 5) is 5.04. The molecule has 4 aliphatic rings. The molecule has 9 aromatic carbocycles. The van der Waals surface area contributed by atoms with E-state index in [1.165, 1.54) is 71.2 Å². The third-order valence-corrected chi connectivity index (χ3v) is 14.4. The Kier molecular flexibility index (Phi) is 7.73. The molecule has 10 aromatic rings. The normalized spacial score (nSPS) is 18.5. The zero-order valence-electron chi connectivity index (χ0n) is 35.1. The van der Waals surface area contributed by atoms with Crippen molar-refractivity contribution in [3.63, 3.8) is 0 Å². The number of furan rings is 1. The molecule has 1 aromatic heterocycles. The Morgan fingerprint density at radius 1 is 0.562 bits per heavy atom. The Balaban J connectivity index is 0.996. The maximum Gasteiger partial charge on any atom is 0.160 e. The van der Waals surface area contributed by atoms with Crippen LogP contribution >= 0.6 is 0 Å². The number of anilines is 4. The second-order valence-corrected chi connectivity index (χ2v) is 17.7. The number of rotatable bonds is 6. The van der Waals surface area contributed by atoms with Crippen molar-refractivity contribution in [2.75, 3.05) is 9.80 Å². The molecule has 0 fully saturated rings. The van der Waals surface area contributed by atoms with Crippen molar-refractivity contribution in [3.05, 3.63) is 227 Å². The Morgan fingerprint density at radius 3 is 2.22 bits per heavy atom. The first-order valence-corrected chi connectivity index (χ1v) is 22.6. The number of hydrogen-bond acceptors (Lipinski definition) is 4. The quantitative estimate of drug-likeness (QED) is 0.167. The monoisotopic (exact) mass is 822 g/mol. The number of para-hydroxylation sites is 4. The van der Waals surface area contributed by atoms with Crippen LogP contribution in [0.3, 0.4) is 0 Å². The molecule has 1 aliphatic heterocycles. The minimum atomic E-state index is -0.122. The fraction of sp³-hybridized carbons (Fsp3) is 0.100. The molecule has 4 nitrogen and oxygen atoms in total. The van der Waals surface area contributed by atoms with Crippen molar-refractivity contribution in [2.45, 2.75) is 37.3 Å². The van der Waals surface area contributed by atoms with Crippen molar-refractivity contribution in [2.24, 2.45) is 0 Å². The van der Waals surface area contributed by atoms with E-state index in [1.54, 1.807) is 0 Å². The van der Waals surface area contributed by atoms with Crippen LogP contribution in [0.5, 0.6) is 5.75 Å². The Hall–Kier alpha value is -7.82. The largest absolute Gasteiger partial charge is 0.483 e. The molecular formula is C60H42N2O2. The molecule has 2 heterocycles. The van der Waals surface area contributed by atoms with E-state index in [4.69, 9.17) is 9.15 Å². The third-order valence-electron chi connectivity index (χ3n) is 14.4. The van der Waals surface area contributed by atoms with E-state index >= 15 is 0 Å². The van der Waals surface area contributed by atoms with Crippen molar-refractivity contribution in [1.82, 2.24) is 0 Å². The predicted molar refractivity (Wildman–Crippen MR) is 264 cm³/mol. The first-order valence-electron chi connectivity index (χ1n) is 22.6. The van der Waals surface area contributed by atoms with Crippen LogP contribution in [-0.4, -0.2) is 6.10 Å². The highest BCUT2D eigenvalue weighted by Crippen LogP contribution is 2.54. The fourth-order valence-electron chi connectivity index (χ4n) is 11.7. The summed E-state index contributed by atoms with van der Waals surface area (Å²) in [5, 5.41) is 10.9. The van der Waals surface area contributed by atoms with Crippen LogP contribution in [-0.2, 0) is 0 Å². The van der Waals surface area contributed by atoms with Crippen molar-refractivity contribution < 1.29 is 9.15 Å². The van der Waals surface area contributed by atoms with Crippen LogP contribution < -0.4 is 19.8 Å². The molecular weight excluding hydrogens is 781 g/mol. The summed E-state index contributed by atoms with van der Waals surface area (Å²) < 4.78 is 14.0. The summed E-state index contributed by atoms with van der Waals surface area (Å²) in [6.45, 7) is 0. The maximum absolute atomic E-state index is 7.07. The summed E-state index contributed by atoms with van der Waals surface area (Å²) in [6, 6.07) is 64.1. The lowest BCUT2D eigenvalue weighted by Crippen LogP contribution is -2.40. The van der Waals surface area contributed by atoms with Crippen LogP contribution in [0.4, 0.5) is 22.7 Å². The lowest BCUT2D eigenvalue weighted by molar-refractivity contribution is 0.242. The van der Waals surface area contributed by atoms with E-state index < -0.39 is 0 Å². The van der Waals surface area contributed by atoms with Crippen LogP contribution in [0.15, 0.2) is 215 Å². The highest BCUT2D eigenvalue weighted by molar-refractivity contribution is 6.24. The van der Waals surface area contributed by atoms with Gasteiger partial charge in [0.1, 0.15) is 17.4 Å². The van der Waals surface area contributed by atoms with Crippen LogP contribution in [0, 0.1) is 0 Å². The van der Waals surface area contributed by atoms with Crippen molar-refractivity contribution in [3.8, 4) is 5.75 Å². The molecule has 0 saturated carbocycles. The van der Waals surface area contributed by atoms with Gasteiger partial charge in [-0.15, -0.1) is 0 Å². The van der Waals surface area contributed by atoms with Gasteiger partial charge in [0.05, 0.1) is 29.0 Å². The van der Waals surface area contributed by atoms with Gasteiger partial charge in [0, 0.05) is 33.1 Å². The molecule has 4 heteroatoms. The molecule has 0 spiro atoms. The molecule has 0 bridgehead atoms. The standard InChI is InChI=1S/C60H42N2O2/c1-3-17-41(18-4-1)61(51-35-39-15-7-9-21-43(39)57-47-23-11-13-25-53(47)63-59(51)57)49-33-29-37-28-32-46-50(34-30-38-27-31-45(49)55(37)56(38)46)62(42-19-5-2-6-20-42)52-36-40-16-8-10-22-44(40)58-48-24-12-14-26-54(48)64-60(52)58/h1-9,11-21,23-33,35-36,50,58,60H,10,22,34H2. The maximum atomic E-state index is 7.07. The van der Waals surface area contributed by atoms with Gasteiger partial charge in [0.15, 0.2) is 5.58 Å². The zero-order valence-corrected chi connectivity index (χ0v) is 35.1. The van der Waals surface area contributed by atoms with E-state index in [2.05, 4.69) is 210 Å². The van der Waals surface area contributed by atoms with E-state index in [0.29, 0.717) is 0 Å². The molecule has 3 atom stereocenters. The Bertz CT molecular complexity index is 3710. The van der Waals surface area contributed by atoms with E-state index in [9.17, 15) is 0 Å². The predicted octanol–water partition coefficient (Wildman–Crippen LogP) is 15.1. The molecule has 64 heavy (non-hydrogen) atoms. The van der Waals surface area contributed by atoms with Gasteiger partial charge >= 0.3 is 0 Å². The molecule has 0 radical (unpaired) electrons.